The van der Waals surface area contributed by atoms with Crippen molar-refractivity contribution in [2.75, 3.05) is 39.6 Å². The van der Waals surface area contributed by atoms with Crippen LogP contribution in [0.5, 0.6) is 0 Å². The van der Waals surface area contributed by atoms with Crippen LogP contribution in [0.2, 0.25) is 0 Å². The molecule has 37 heavy (non-hydrogen) atoms. The molecule has 200 valence electrons. The van der Waals surface area contributed by atoms with Crippen LogP contribution in [-0.4, -0.2) is 78.3 Å². The summed E-state index contributed by atoms with van der Waals surface area (Å²) in [7, 11) is 7.12. The van der Waals surface area contributed by atoms with Crippen molar-refractivity contribution in [2.24, 2.45) is 5.92 Å². The summed E-state index contributed by atoms with van der Waals surface area (Å²) >= 11 is 6.27. The van der Waals surface area contributed by atoms with Crippen molar-refractivity contribution in [3.63, 3.8) is 0 Å². The first-order chi connectivity index (χ1) is 17.5. The Labute approximate surface area is 223 Å². The summed E-state index contributed by atoms with van der Waals surface area (Å²) < 4.78 is 0. The number of imidazole rings is 1. The first-order valence-electron chi connectivity index (χ1n) is 12.5. The molecule has 2 aromatic rings. The van der Waals surface area contributed by atoms with Crippen molar-refractivity contribution in [1.82, 2.24) is 25.1 Å². The molecule has 0 atom stereocenters. The van der Waals surface area contributed by atoms with Crippen LogP contribution in [0.25, 0.3) is 0 Å². The zero-order valence-electron chi connectivity index (χ0n) is 22.5. The molecular weight excluding hydrogens is 492 g/mol. The third kappa shape index (κ3) is 6.71. The number of carbonyl (C=O) groups excluding carboxylic acids is 3. The smallest absolute Gasteiger partial charge is 0.274 e. The van der Waals surface area contributed by atoms with E-state index in [1.165, 1.54) is 11.2 Å². The Morgan fingerprint density at radius 1 is 1.08 bits per heavy atom. The third-order valence-electron chi connectivity index (χ3n) is 6.85. The molecule has 0 saturated heterocycles. The number of nitrogens with one attached hydrogen (secondary N) is 2. The number of hydrogen-bond acceptors (Lipinski definition) is 5. The fraction of sp³-hybridized carbons (Fsp3) is 0.481. The SMILES string of the molecule is CC(CN(C)C(=O)c1nc[nH]c1C(=O)N[C@H]1CC[C@H](C(=O)N(C)c2ccccc2C)CC1)=C(Cl)N(C)C. The summed E-state index contributed by atoms with van der Waals surface area (Å²) in [6.45, 7) is 4.15. The highest BCUT2D eigenvalue weighted by atomic mass is 35.5. The van der Waals surface area contributed by atoms with Gasteiger partial charge in [0.2, 0.25) is 5.91 Å². The van der Waals surface area contributed by atoms with Gasteiger partial charge in [-0.15, -0.1) is 0 Å². The van der Waals surface area contributed by atoms with E-state index < -0.39 is 0 Å². The standard InChI is InChI=1S/C27H37ClN6O3/c1-17-9-7-8-10-21(17)34(6)26(36)19-11-13-20(14-12-19)31-25(35)22-23(30-16-29-22)27(37)33(5)15-18(2)24(28)32(3)4/h7-10,16,19-20H,11-15H2,1-6H3,(H,29,30)(H,31,35)/t19-,20-. The monoisotopic (exact) mass is 528 g/mol. The number of aryl methyl sites for hydroxylation is 1. The lowest BCUT2D eigenvalue weighted by Crippen LogP contribution is -2.42. The van der Waals surface area contributed by atoms with E-state index in [0.717, 1.165) is 16.8 Å². The number of halogens is 1. The summed E-state index contributed by atoms with van der Waals surface area (Å²) in [5, 5.41) is 3.57. The lowest BCUT2D eigenvalue weighted by molar-refractivity contribution is -0.123. The largest absolute Gasteiger partial charge is 0.368 e. The maximum Gasteiger partial charge on any atom is 0.274 e. The summed E-state index contributed by atoms with van der Waals surface area (Å²) in [5.41, 5.74) is 3.00. The highest BCUT2D eigenvalue weighted by molar-refractivity contribution is 6.29. The van der Waals surface area contributed by atoms with Gasteiger partial charge in [0.15, 0.2) is 5.69 Å². The molecule has 0 unspecified atom stereocenters. The number of aromatic nitrogens is 2. The number of amides is 3. The molecular formula is C27H37ClN6O3. The van der Waals surface area contributed by atoms with E-state index >= 15 is 0 Å². The highest BCUT2D eigenvalue weighted by Crippen LogP contribution is 2.29. The minimum Gasteiger partial charge on any atom is -0.368 e. The van der Waals surface area contributed by atoms with Gasteiger partial charge >= 0.3 is 0 Å². The number of anilines is 1. The van der Waals surface area contributed by atoms with Gasteiger partial charge in [-0.25, -0.2) is 4.98 Å². The minimum atomic E-state index is -0.375. The van der Waals surface area contributed by atoms with E-state index in [4.69, 9.17) is 11.6 Å². The average Bonchev–Trinajstić information content (AvgIpc) is 3.37. The van der Waals surface area contributed by atoms with Crippen LogP contribution in [0.1, 0.15) is 59.1 Å². The molecule has 10 heteroatoms. The number of likely N-dealkylation sites (N-methyl/N-ethyl adjacent to an activating group) is 1. The lowest BCUT2D eigenvalue weighted by Gasteiger charge is -2.31. The van der Waals surface area contributed by atoms with Crippen molar-refractivity contribution in [2.45, 2.75) is 45.6 Å². The van der Waals surface area contributed by atoms with Gasteiger partial charge in [0, 0.05) is 52.4 Å². The van der Waals surface area contributed by atoms with E-state index in [1.54, 1.807) is 16.8 Å². The van der Waals surface area contributed by atoms with E-state index in [2.05, 4.69) is 15.3 Å². The predicted molar refractivity (Wildman–Crippen MR) is 146 cm³/mol. The molecule has 1 aromatic heterocycles. The van der Waals surface area contributed by atoms with Crippen molar-refractivity contribution < 1.29 is 14.4 Å². The third-order valence-corrected chi connectivity index (χ3v) is 7.51. The lowest BCUT2D eigenvalue weighted by atomic mass is 9.85. The molecule has 1 aliphatic carbocycles. The molecule has 1 aromatic carbocycles. The van der Waals surface area contributed by atoms with E-state index in [0.29, 0.717) is 37.4 Å². The normalized spacial score (nSPS) is 18.0. The van der Waals surface area contributed by atoms with Gasteiger partial charge in [-0.05, 0) is 56.7 Å². The molecule has 0 radical (unpaired) electrons. The van der Waals surface area contributed by atoms with Crippen LogP contribution in [-0.2, 0) is 4.79 Å². The fourth-order valence-electron chi connectivity index (χ4n) is 4.76. The molecule has 1 fully saturated rings. The molecule has 2 N–H and O–H groups in total. The number of hydrogen-bond donors (Lipinski definition) is 2. The minimum absolute atomic E-state index is 0.0671. The number of carbonyl (C=O) groups is 3. The van der Waals surface area contributed by atoms with Gasteiger partial charge in [-0.2, -0.15) is 0 Å². The van der Waals surface area contributed by atoms with Gasteiger partial charge in [0.05, 0.1) is 6.33 Å². The number of rotatable bonds is 8. The number of nitrogens with zero attached hydrogens (tertiary/aromatic N) is 4. The Morgan fingerprint density at radius 3 is 2.35 bits per heavy atom. The fourth-order valence-corrected chi connectivity index (χ4v) is 4.82. The van der Waals surface area contributed by atoms with Gasteiger partial charge in [0.25, 0.3) is 11.8 Å². The molecule has 1 saturated carbocycles. The molecule has 1 aliphatic rings. The van der Waals surface area contributed by atoms with Crippen LogP contribution in [0.3, 0.4) is 0 Å². The Balaban J connectivity index is 1.57. The molecule has 3 rings (SSSR count). The topological polar surface area (TPSA) is 102 Å². The van der Waals surface area contributed by atoms with Crippen molar-refractivity contribution in [3.05, 3.63) is 58.3 Å². The maximum atomic E-state index is 13.1. The molecule has 9 nitrogen and oxygen atoms in total. The maximum absolute atomic E-state index is 13.1. The molecule has 0 aliphatic heterocycles. The summed E-state index contributed by atoms with van der Waals surface area (Å²) in [6, 6.07) is 7.76. The average molecular weight is 529 g/mol. The molecule has 0 bridgehead atoms. The first kappa shape index (κ1) is 28.2. The zero-order valence-corrected chi connectivity index (χ0v) is 23.2. The summed E-state index contributed by atoms with van der Waals surface area (Å²) in [6.07, 6.45) is 4.11. The summed E-state index contributed by atoms with van der Waals surface area (Å²) in [5.74, 6) is -0.731. The number of aromatic amines is 1. The first-order valence-corrected chi connectivity index (χ1v) is 12.8. The number of para-hydroxylation sites is 1. The summed E-state index contributed by atoms with van der Waals surface area (Å²) in [4.78, 5) is 51.0. The number of benzene rings is 1. The Morgan fingerprint density at radius 2 is 1.73 bits per heavy atom. The van der Waals surface area contributed by atoms with Gasteiger partial charge in [-0.3, -0.25) is 14.4 Å². The Kier molecular flexibility index (Phi) is 9.37. The number of H-pyrrole nitrogens is 1. The van der Waals surface area contributed by atoms with E-state index in [-0.39, 0.29) is 41.1 Å². The molecule has 3 amide bonds. The second-order valence-electron chi connectivity index (χ2n) is 9.96. The van der Waals surface area contributed by atoms with Gasteiger partial charge < -0.3 is 25.0 Å². The van der Waals surface area contributed by atoms with Crippen LogP contribution in [0, 0.1) is 12.8 Å². The van der Waals surface area contributed by atoms with Crippen LogP contribution in [0.15, 0.2) is 41.3 Å². The Hall–Kier alpha value is -3.33. The van der Waals surface area contributed by atoms with Crippen molar-refractivity contribution >= 4 is 35.0 Å². The van der Waals surface area contributed by atoms with Crippen LogP contribution < -0.4 is 10.2 Å². The molecule has 0 spiro atoms. The highest BCUT2D eigenvalue weighted by Gasteiger charge is 2.31. The van der Waals surface area contributed by atoms with E-state index in [1.807, 2.05) is 59.3 Å². The van der Waals surface area contributed by atoms with E-state index in [9.17, 15) is 14.4 Å². The Bertz CT molecular complexity index is 1170. The van der Waals surface area contributed by atoms with Crippen molar-refractivity contribution in [1.29, 1.82) is 0 Å². The van der Waals surface area contributed by atoms with Crippen molar-refractivity contribution in [3.8, 4) is 0 Å². The van der Waals surface area contributed by atoms with Crippen LogP contribution >= 0.6 is 11.6 Å². The molecule has 1 heterocycles. The predicted octanol–water partition coefficient (Wildman–Crippen LogP) is 3.77. The second-order valence-corrected chi connectivity index (χ2v) is 10.3. The zero-order chi connectivity index (χ0) is 27.3. The van der Waals surface area contributed by atoms with Crippen LogP contribution in [0.4, 0.5) is 5.69 Å². The quantitative estimate of drug-likeness (QED) is 0.508. The second kappa shape index (κ2) is 12.3. The van der Waals surface area contributed by atoms with Gasteiger partial charge in [0.1, 0.15) is 10.9 Å². The van der Waals surface area contributed by atoms with Gasteiger partial charge in [-0.1, -0.05) is 29.8 Å².